The number of ether oxygens (including phenoxy) is 2. The Morgan fingerprint density at radius 1 is 1.35 bits per heavy atom. The molecule has 4 heteroatoms. The summed E-state index contributed by atoms with van der Waals surface area (Å²) in [5.41, 5.74) is 1.30. The molecule has 0 aliphatic carbocycles. The summed E-state index contributed by atoms with van der Waals surface area (Å²) in [5.74, 6) is 0.936. The highest BCUT2D eigenvalue weighted by atomic mass is 16.5. The first-order valence-corrected chi connectivity index (χ1v) is 7.40. The third-order valence-corrected chi connectivity index (χ3v) is 3.27. The lowest BCUT2D eigenvalue weighted by molar-refractivity contribution is 0.00884. The van der Waals surface area contributed by atoms with Gasteiger partial charge in [0.05, 0.1) is 18.8 Å². The van der Waals surface area contributed by atoms with Crippen molar-refractivity contribution in [2.45, 2.75) is 32.6 Å². The van der Waals surface area contributed by atoms with Gasteiger partial charge in [0.2, 0.25) is 0 Å². The molecule has 0 aromatic heterocycles. The maximum absolute atomic E-state index is 5.72. The summed E-state index contributed by atoms with van der Waals surface area (Å²) in [6, 6.07) is 8.35. The van der Waals surface area contributed by atoms with Crippen molar-refractivity contribution >= 4 is 0 Å². The Bertz CT molecular complexity index is 386. The molecule has 4 nitrogen and oxygen atoms in total. The van der Waals surface area contributed by atoms with Crippen LogP contribution in [0.1, 0.15) is 19.4 Å². The third kappa shape index (κ3) is 5.12. The predicted octanol–water partition coefficient (Wildman–Crippen LogP) is 1.89. The Morgan fingerprint density at radius 3 is 2.70 bits per heavy atom. The number of morpholine rings is 1. The van der Waals surface area contributed by atoms with Crippen LogP contribution < -0.4 is 10.1 Å². The van der Waals surface area contributed by atoms with Gasteiger partial charge < -0.3 is 14.8 Å². The molecule has 1 aliphatic rings. The van der Waals surface area contributed by atoms with Crippen LogP contribution >= 0.6 is 0 Å². The quantitative estimate of drug-likeness (QED) is 0.861. The summed E-state index contributed by atoms with van der Waals surface area (Å²) in [5, 5.41) is 3.36. The third-order valence-electron chi connectivity index (χ3n) is 3.27. The highest BCUT2D eigenvalue weighted by Crippen LogP contribution is 2.15. The standard InChI is InChI=1S/C16H26N2O2/c1-13(2)20-15-6-4-14(5-7-15)11-18(3)12-16-10-17-8-9-19-16/h4-7,13,16-17H,8-12H2,1-3H3. The van der Waals surface area contributed by atoms with Crippen molar-refractivity contribution in [3.8, 4) is 5.75 Å². The summed E-state index contributed by atoms with van der Waals surface area (Å²) in [7, 11) is 2.14. The Morgan fingerprint density at radius 2 is 2.10 bits per heavy atom. The molecule has 1 aromatic rings. The molecule has 1 aliphatic heterocycles. The second kappa shape index (κ2) is 7.62. The van der Waals surface area contributed by atoms with Gasteiger partial charge in [0, 0.05) is 26.2 Å². The van der Waals surface area contributed by atoms with Crippen LogP contribution in [0.3, 0.4) is 0 Å². The fourth-order valence-electron chi connectivity index (χ4n) is 2.41. The SMILES string of the molecule is CC(C)Oc1ccc(CN(C)CC2CNCCO2)cc1. The van der Waals surface area contributed by atoms with Gasteiger partial charge in [0.25, 0.3) is 0 Å². The van der Waals surface area contributed by atoms with Crippen LogP contribution in [0.4, 0.5) is 0 Å². The van der Waals surface area contributed by atoms with Gasteiger partial charge >= 0.3 is 0 Å². The number of rotatable bonds is 6. The van der Waals surface area contributed by atoms with E-state index in [1.54, 1.807) is 0 Å². The van der Waals surface area contributed by atoms with E-state index in [4.69, 9.17) is 9.47 Å². The molecule has 1 aromatic carbocycles. The highest BCUT2D eigenvalue weighted by Gasteiger charge is 2.15. The van der Waals surface area contributed by atoms with Crippen molar-refractivity contribution < 1.29 is 9.47 Å². The van der Waals surface area contributed by atoms with Crippen LogP contribution in [-0.2, 0) is 11.3 Å². The minimum absolute atomic E-state index is 0.222. The van der Waals surface area contributed by atoms with Gasteiger partial charge in [-0.1, -0.05) is 12.1 Å². The summed E-state index contributed by atoms with van der Waals surface area (Å²) in [6.07, 6.45) is 0.525. The molecule has 1 heterocycles. The lowest BCUT2D eigenvalue weighted by Crippen LogP contribution is -2.44. The Kier molecular flexibility index (Phi) is 5.83. The van der Waals surface area contributed by atoms with E-state index in [1.807, 2.05) is 26.0 Å². The molecular weight excluding hydrogens is 252 g/mol. The molecule has 0 bridgehead atoms. The first kappa shape index (κ1) is 15.3. The lowest BCUT2D eigenvalue weighted by Gasteiger charge is -2.28. The van der Waals surface area contributed by atoms with Crippen molar-refractivity contribution in [1.29, 1.82) is 0 Å². The van der Waals surface area contributed by atoms with Crippen LogP contribution in [-0.4, -0.2) is 50.4 Å². The van der Waals surface area contributed by atoms with Crippen LogP contribution in [0.2, 0.25) is 0 Å². The number of hydrogen-bond donors (Lipinski definition) is 1. The highest BCUT2D eigenvalue weighted by molar-refractivity contribution is 5.27. The summed E-state index contributed by atoms with van der Waals surface area (Å²) in [6.45, 7) is 8.71. The molecule has 20 heavy (non-hydrogen) atoms. The van der Waals surface area contributed by atoms with E-state index in [2.05, 4.69) is 29.4 Å². The van der Waals surface area contributed by atoms with Crippen LogP contribution in [0.5, 0.6) is 5.75 Å². The second-order valence-electron chi connectivity index (χ2n) is 5.70. The van der Waals surface area contributed by atoms with E-state index < -0.39 is 0 Å². The first-order chi connectivity index (χ1) is 9.63. The number of hydrogen-bond acceptors (Lipinski definition) is 4. The van der Waals surface area contributed by atoms with Gasteiger partial charge in [-0.15, -0.1) is 0 Å². The molecule has 1 unspecified atom stereocenters. The largest absolute Gasteiger partial charge is 0.491 e. The molecule has 2 rings (SSSR count). The lowest BCUT2D eigenvalue weighted by atomic mass is 10.2. The van der Waals surface area contributed by atoms with E-state index in [9.17, 15) is 0 Å². The normalized spacial score (nSPS) is 19.6. The Hall–Kier alpha value is -1.10. The molecule has 1 saturated heterocycles. The van der Waals surface area contributed by atoms with E-state index >= 15 is 0 Å². The van der Waals surface area contributed by atoms with Gasteiger partial charge in [-0.05, 0) is 38.6 Å². The smallest absolute Gasteiger partial charge is 0.119 e. The van der Waals surface area contributed by atoms with Gasteiger partial charge in [0.15, 0.2) is 0 Å². The van der Waals surface area contributed by atoms with E-state index in [1.165, 1.54) is 5.56 Å². The second-order valence-corrected chi connectivity index (χ2v) is 5.70. The Labute approximate surface area is 122 Å². The van der Waals surface area contributed by atoms with Crippen molar-refractivity contribution in [2.75, 3.05) is 33.3 Å². The van der Waals surface area contributed by atoms with Gasteiger partial charge in [-0.25, -0.2) is 0 Å². The number of benzene rings is 1. The zero-order chi connectivity index (χ0) is 14.4. The first-order valence-electron chi connectivity index (χ1n) is 7.40. The van der Waals surface area contributed by atoms with Gasteiger partial charge in [0.1, 0.15) is 5.75 Å². The van der Waals surface area contributed by atoms with Crippen molar-refractivity contribution in [1.82, 2.24) is 10.2 Å². The maximum Gasteiger partial charge on any atom is 0.119 e. The molecule has 1 atom stereocenters. The topological polar surface area (TPSA) is 33.7 Å². The molecule has 112 valence electrons. The molecule has 1 fully saturated rings. The van der Waals surface area contributed by atoms with E-state index in [0.717, 1.165) is 38.5 Å². The minimum atomic E-state index is 0.222. The summed E-state index contributed by atoms with van der Waals surface area (Å²) < 4.78 is 11.4. The zero-order valence-electron chi connectivity index (χ0n) is 12.8. The van der Waals surface area contributed by atoms with E-state index in [0.29, 0.717) is 6.10 Å². The zero-order valence-corrected chi connectivity index (χ0v) is 12.8. The van der Waals surface area contributed by atoms with Gasteiger partial charge in [-0.2, -0.15) is 0 Å². The molecule has 0 spiro atoms. The maximum atomic E-state index is 5.72. The van der Waals surface area contributed by atoms with Crippen LogP contribution in [0.15, 0.2) is 24.3 Å². The summed E-state index contributed by atoms with van der Waals surface area (Å²) >= 11 is 0. The van der Waals surface area contributed by atoms with Crippen molar-refractivity contribution in [2.24, 2.45) is 0 Å². The Balaban J connectivity index is 1.79. The number of likely N-dealkylation sites (N-methyl/N-ethyl adjacent to an activating group) is 1. The number of nitrogens with one attached hydrogen (secondary N) is 1. The average Bonchev–Trinajstić information content (AvgIpc) is 2.41. The van der Waals surface area contributed by atoms with E-state index in [-0.39, 0.29) is 6.10 Å². The summed E-state index contributed by atoms with van der Waals surface area (Å²) in [4.78, 5) is 2.30. The minimum Gasteiger partial charge on any atom is -0.491 e. The fraction of sp³-hybridized carbons (Fsp3) is 0.625. The van der Waals surface area contributed by atoms with Crippen LogP contribution in [0.25, 0.3) is 0 Å². The predicted molar refractivity (Wildman–Crippen MR) is 81.1 cm³/mol. The van der Waals surface area contributed by atoms with Crippen LogP contribution in [0, 0.1) is 0 Å². The van der Waals surface area contributed by atoms with Crippen molar-refractivity contribution in [3.05, 3.63) is 29.8 Å². The molecule has 0 radical (unpaired) electrons. The molecule has 1 N–H and O–H groups in total. The van der Waals surface area contributed by atoms with Gasteiger partial charge in [-0.3, -0.25) is 4.90 Å². The fourth-order valence-corrected chi connectivity index (χ4v) is 2.41. The molecular formula is C16H26N2O2. The molecule has 0 saturated carbocycles. The molecule has 0 amide bonds. The number of nitrogens with zero attached hydrogens (tertiary/aromatic N) is 1. The monoisotopic (exact) mass is 278 g/mol. The van der Waals surface area contributed by atoms with Crippen molar-refractivity contribution in [3.63, 3.8) is 0 Å². The average molecular weight is 278 g/mol.